The molecule has 2 aromatic carbocycles. The molecule has 0 aliphatic carbocycles. The molecule has 0 fully saturated rings. The number of benzene rings is 2. The van der Waals surface area contributed by atoms with Crippen molar-refractivity contribution in [1.82, 2.24) is 20.9 Å². The molecular weight excluding hydrogens is 531 g/mol. The summed E-state index contributed by atoms with van der Waals surface area (Å²) in [6, 6.07) is 12.5. The summed E-state index contributed by atoms with van der Waals surface area (Å²) in [7, 11) is 0. The molecule has 1 heterocycles. The van der Waals surface area contributed by atoms with E-state index >= 15 is 0 Å². The van der Waals surface area contributed by atoms with Crippen LogP contribution >= 0.6 is 0 Å². The molecule has 11 heteroatoms. The number of halogens is 1. The van der Waals surface area contributed by atoms with E-state index in [0.717, 1.165) is 10.9 Å². The van der Waals surface area contributed by atoms with Crippen LogP contribution in [-0.4, -0.2) is 64.6 Å². The Morgan fingerprint density at radius 1 is 0.878 bits per heavy atom. The van der Waals surface area contributed by atoms with Gasteiger partial charge in [-0.15, -0.1) is 0 Å². The van der Waals surface area contributed by atoms with E-state index in [2.05, 4.69) is 20.9 Å². The van der Waals surface area contributed by atoms with Crippen LogP contribution in [0, 0.1) is 5.82 Å². The SMILES string of the molecule is CC(C)(C)OC(=O)NCC(O)C[C@@H](CNC(=O)c1[nH]c2ccccc2c1-c1ccc(F)cc1)NC(=O)OC(C)(C)C. The van der Waals surface area contributed by atoms with Gasteiger partial charge in [0.25, 0.3) is 5.91 Å². The first kappa shape index (κ1) is 31.4. The van der Waals surface area contributed by atoms with Gasteiger partial charge in [0.2, 0.25) is 0 Å². The Bertz CT molecular complexity index is 1360. The zero-order chi connectivity index (χ0) is 30.4. The maximum atomic E-state index is 13.6. The van der Waals surface area contributed by atoms with Gasteiger partial charge in [-0.2, -0.15) is 0 Å². The van der Waals surface area contributed by atoms with Gasteiger partial charge in [-0.25, -0.2) is 14.0 Å². The number of carbonyl (C=O) groups is 3. The molecule has 41 heavy (non-hydrogen) atoms. The van der Waals surface area contributed by atoms with E-state index in [1.165, 1.54) is 12.1 Å². The fourth-order valence-corrected chi connectivity index (χ4v) is 4.13. The first-order chi connectivity index (χ1) is 19.1. The van der Waals surface area contributed by atoms with Crippen molar-refractivity contribution in [2.45, 2.75) is 71.3 Å². The molecule has 3 amide bonds. The van der Waals surface area contributed by atoms with Crippen LogP contribution in [0.15, 0.2) is 48.5 Å². The molecule has 0 spiro atoms. The number of nitrogens with one attached hydrogen (secondary N) is 4. The van der Waals surface area contributed by atoms with E-state index < -0.39 is 47.3 Å². The molecule has 1 unspecified atom stereocenters. The molecule has 3 rings (SSSR count). The number of aliphatic hydroxyl groups is 1. The predicted octanol–water partition coefficient (Wildman–Crippen LogP) is 4.87. The van der Waals surface area contributed by atoms with Gasteiger partial charge >= 0.3 is 12.2 Å². The lowest BCUT2D eigenvalue weighted by Crippen LogP contribution is -2.48. The highest BCUT2D eigenvalue weighted by Crippen LogP contribution is 2.32. The number of para-hydroxylation sites is 1. The van der Waals surface area contributed by atoms with Gasteiger partial charge in [0.1, 0.15) is 22.7 Å². The molecule has 3 aromatic rings. The summed E-state index contributed by atoms with van der Waals surface area (Å²) < 4.78 is 24.1. The number of H-pyrrole nitrogens is 1. The standard InChI is InChI=1S/C30H39FN4O6/c1-29(2,3)40-27(38)33-17-21(36)15-20(34-28(39)41-30(4,5)6)16-32-26(37)25-24(18-11-13-19(31)14-12-18)22-9-7-8-10-23(22)35-25/h7-14,20-21,35-36H,15-17H2,1-6H3,(H,32,37)(H,33,38)(H,34,39)/t20-,21?/m0/s1. The third kappa shape index (κ3) is 9.78. The van der Waals surface area contributed by atoms with Gasteiger partial charge in [0.15, 0.2) is 0 Å². The van der Waals surface area contributed by atoms with Crippen LogP contribution in [0.3, 0.4) is 0 Å². The van der Waals surface area contributed by atoms with Gasteiger partial charge < -0.3 is 35.5 Å². The largest absolute Gasteiger partial charge is 0.444 e. The van der Waals surface area contributed by atoms with E-state index in [9.17, 15) is 23.9 Å². The minimum Gasteiger partial charge on any atom is -0.444 e. The molecule has 0 bridgehead atoms. The summed E-state index contributed by atoms with van der Waals surface area (Å²) in [5.74, 6) is -0.853. The predicted molar refractivity (Wildman–Crippen MR) is 154 cm³/mol. The average molecular weight is 571 g/mol. The molecule has 2 atom stereocenters. The minimum absolute atomic E-state index is 0.00710. The van der Waals surface area contributed by atoms with Crippen LogP contribution in [0.1, 0.15) is 58.5 Å². The van der Waals surface area contributed by atoms with Crippen molar-refractivity contribution in [3.8, 4) is 11.1 Å². The van der Waals surface area contributed by atoms with Crippen LogP contribution in [0.4, 0.5) is 14.0 Å². The van der Waals surface area contributed by atoms with Crippen molar-refractivity contribution in [3.05, 3.63) is 60.0 Å². The van der Waals surface area contributed by atoms with Crippen LogP contribution in [0.5, 0.6) is 0 Å². The topological polar surface area (TPSA) is 142 Å². The number of aromatic nitrogens is 1. The summed E-state index contributed by atoms with van der Waals surface area (Å²) >= 11 is 0. The molecule has 0 aliphatic heterocycles. The van der Waals surface area contributed by atoms with Crippen molar-refractivity contribution in [1.29, 1.82) is 0 Å². The Labute approximate surface area is 239 Å². The number of carbonyl (C=O) groups excluding carboxylic acids is 3. The quantitative estimate of drug-likeness (QED) is 0.248. The van der Waals surface area contributed by atoms with Crippen LogP contribution in [-0.2, 0) is 9.47 Å². The Balaban J connectivity index is 1.76. The second kappa shape index (κ2) is 13.0. The van der Waals surface area contributed by atoms with Crippen molar-refractivity contribution >= 4 is 29.0 Å². The van der Waals surface area contributed by atoms with Gasteiger partial charge in [-0.05, 0) is 71.7 Å². The summed E-state index contributed by atoms with van der Waals surface area (Å²) in [6.07, 6.45) is -2.48. The highest BCUT2D eigenvalue weighted by Gasteiger charge is 2.25. The summed E-state index contributed by atoms with van der Waals surface area (Å²) in [5.41, 5.74) is 0.793. The highest BCUT2D eigenvalue weighted by molar-refractivity contribution is 6.09. The normalized spacial score (nSPS) is 13.3. The number of hydrogen-bond donors (Lipinski definition) is 5. The molecule has 0 saturated heterocycles. The molecule has 0 saturated carbocycles. The summed E-state index contributed by atoms with van der Waals surface area (Å²) in [4.78, 5) is 41.1. The Hall–Kier alpha value is -4.12. The molecule has 5 N–H and O–H groups in total. The Kier molecular flexibility index (Phi) is 9.98. The number of aliphatic hydroxyl groups excluding tert-OH is 1. The van der Waals surface area contributed by atoms with Crippen LogP contribution in [0.25, 0.3) is 22.0 Å². The number of rotatable bonds is 9. The molecule has 0 aliphatic rings. The van der Waals surface area contributed by atoms with Gasteiger partial charge in [-0.3, -0.25) is 4.79 Å². The Morgan fingerprint density at radius 3 is 2.12 bits per heavy atom. The number of alkyl carbamates (subject to hydrolysis) is 2. The first-order valence-corrected chi connectivity index (χ1v) is 13.4. The van der Waals surface area contributed by atoms with Crippen molar-refractivity contribution < 1.29 is 33.4 Å². The fourth-order valence-electron chi connectivity index (χ4n) is 4.13. The van der Waals surface area contributed by atoms with E-state index in [1.807, 2.05) is 24.3 Å². The van der Waals surface area contributed by atoms with E-state index in [4.69, 9.17) is 9.47 Å². The second-order valence-electron chi connectivity index (χ2n) is 11.8. The smallest absolute Gasteiger partial charge is 0.407 e. The average Bonchev–Trinajstić information content (AvgIpc) is 3.24. The number of aromatic amines is 1. The van der Waals surface area contributed by atoms with Gasteiger partial charge in [0, 0.05) is 29.6 Å². The lowest BCUT2D eigenvalue weighted by molar-refractivity contribution is 0.0438. The van der Waals surface area contributed by atoms with Crippen LogP contribution in [0.2, 0.25) is 0 Å². The van der Waals surface area contributed by atoms with Crippen molar-refractivity contribution in [2.24, 2.45) is 0 Å². The third-order valence-electron chi connectivity index (χ3n) is 5.73. The molecule has 0 radical (unpaired) electrons. The van der Waals surface area contributed by atoms with E-state index in [1.54, 1.807) is 53.7 Å². The van der Waals surface area contributed by atoms with Crippen LogP contribution < -0.4 is 16.0 Å². The van der Waals surface area contributed by atoms with Gasteiger partial charge in [-0.1, -0.05) is 30.3 Å². The monoisotopic (exact) mass is 570 g/mol. The second-order valence-corrected chi connectivity index (χ2v) is 11.8. The highest BCUT2D eigenvalue weighted by atomic mass is 19.1. The fraction of sp³-hybridized carbons (Fsp3) is 0.433. The lowest BCUT2D eigenvalue weighted by atomic mass is 10.0. The number of fused-ring (bicyclic) bond motifs is 1. The van der Waals surface area contributed by atoms with E-state index in [0.29, 0.717) is 11.1 Å². The number of hydrogen-bond acceptors (Lipinski definition) is 6. The third-order valence-corrected chi connectivity index (χ3v) is 5.73. The maximum absolute atomic E-state index is 13.6. The summed E-state index contributed by atoms with van der Waals surface area (Å²) in [6.45, 7) is 10.1. The van der Waals surface area contributed by atoms with Crippen molar-refractivity contribution in [2.75, 3.05) is 13.1 Å². The molecule has 10 nitrogen and oxygen atoms in total. The Morgan fingerprint density at radius 2 is 1.49 bits per heavy atom. The van der Waals surface area contributed by atoms with E-state index in [-0.39, 0.29) is 25.2 Å². The summed E-state index contributed by atoms with van der Waals surface area (Å²) in [5, 5.41) is 19.4. The molecule has 222 valence electrons. The lowest BCUT2D eigenvalue weighted by Gasteiger charge is -2.26. The minimum atomic E-state index is -1.07. The maximum Gasteiger partial charge on any atom is 0.407 e. The molecule has 1 aromatic heterocycles. The van der Waals surface area contributed by atoms with Gasteiger partial charge in [0.05, 0.1) is 12.1 Å². The zero-order valence-electron chi connectivity index (χ0n) is 24.3. The number of amides is 3. The number of ether oxygens (including phenoxy) is 2. The van der Waals surface area contributed by atoms with Crippen molar-refractivity contribution in [3.63, 3.8) is 0 Å². The first-order valence-electron chi connectivity index (χ1n) is 13.4. The zero-order valence-corrected chi connectivity index (χ0v) is 24.3. The molecular formula is C30H39FN4O6.